The van der Waals surface area contributed by atoms with Gasteiger partial charge in [0.25, 0.3) is 0 Å². The van der Waals surface area contributed by atoms with Gasteiger partial charge in [-0.3, -0.25) is 0 Å². The molecule has 0 radical (unpaired) electrons. The van der Waals surface area contributed by atoms with E-state index in [0.717, 1.165) is 0 Å². The van der Waals surface area contributed by atoms with Gasteiger partial charge in [0.15, 0.2) is 6.10 Å². The van der Waals surface area contributed by atoms with Crippen molar-refractivity contribution in [1.82, 2.24) is 0 Å². The van der Waals surface area contributed by atoms with Crippen LogP contribution in [0.15, 0.2) is 0 Å². The molecule has 0 spiro atoms. The van der Waals surface area contributed by atoms with E-state index in [1.54, 1.807) is 6.92 Å². The first kappa shape index (κ1) is 7.36. The largest absolute Gasteiger partial charge is 0.417 e. The molecule has 3 atom stereocenters. The van der Waals surface area contributed by atoms with Crippen molar-refractivity contribution in [1.29, 1.82) is 0 Å². The summed E-state index contributed by atoms with van der Waals surface area (Å²) in [5.41, 5.74) is -0.653. The maximum atomic E-state index is 12.0. The van der Waals surface area contributed by atoms with Gasteiger partial charge in [-0.1, -0.05) is 0 Å². The first-order valence-corrected chi connectivity index (χ1v) is 3.30. The molecule has 0 aromatic carbocycles. The lowest BCUT2D eigenvalue weighted by molar-refractivity contribution is -0.222. The van der Waals surface area contributed by atoms with E-state index in [-0.39, 0.29) is 6.61 Å². The number of ether oxygens (including phenoxy) is 2. The Morgan fingerprint density at radius 2 is 2.09 bits per heavy atom. The molecule has 2 rings (SSSR count). The summed E-state index contributed by atoms with van der Waals surface area (Å²) < 4.78 is 45.4. The van der Waals surface area contributed by atoms with Crippen LogP contribution in [-0.2, 0) is 9.47 Å². The predicted molar refractivity (Wildman–Crippen MR) is 29.1 cm³/mol. The van der Waals surface area contributed by atoms with Crippen molar-refractivity contribution in [2.24, 2.45) is 0 Å². The molecule has 11 heavy (non-hydrogen) atoms. The Bertz CT molecular complexity index is 191. The summed E-state index contributed by atoms with van der Waals surface area (Å²) in [5.74, 6) is 0. The lowest BCUT2D eigenvalue weighted by atomic mass is 10.1. The smallest absolute Gasteiger partial charge is 0.363 e. The molecule has 0 aromatic rings. The summed E-state index contributed by atoms with van der Waals surface area (Å²) in [6, 6.07) is 0. The fourth-order valence-corrected chi connectivity index (χ4v) is 1.36. The van der Waals surface area contributed by atoms with Crippen molar-refractivity contribution >= 4 is 0 Å². The van der Waals surface area contributed by atoms with Gasteiger partial charge in [0.1, 0.15) is 11.7 Å². The molecular formula is C6H7F3O2. The topological polar surface area (TPSA) is 21.8 Å². The zero-order valence-corrected chi connectivity index (χ0v) is 5.81. The van der Waals surface area contributed by atoms with Crippen LogP contribution in [0.5, 0.6) is 0 Å². The van der Waals surface area contributed by atoms with E-state index < -0.39 is 24.0 Å². The van der Waals surface area contributed by atoms with E-state index in [9.17, 15) is 13.2 Å². The van der Waals surface area contributed by atoms with Gasteiger partial charge < -0.3 is 9.47 Å². The normalized spacial score (nSPS) is 49.1. The second-order valence-corrected chi connectivity index (χ2v) is 3.12. The second-order valence-electron chi connectivity index (χ2n) is 3.12. The average Bonchev–Trinajstić information content (AvgIpc) is 2.32. The van der Waals surface area contributed by atoms with Gasteiger partial charge in [-0.2, -0.15) is 13.2 Å². The van der Waals surface area contributed by atoms with E-state index in [1.165, 1.54) is 0 Å². The molecule has 2 aliphatic rings. The molecule has 0 aromatic heterocycles. The number of rotatable bonds is 0. The van der Waals surface area contributed by atoms with Crippen molar-refractivity contribution in [2.45, 2.75) is 30.9 Å². The van der Waals surface area contributed by atoms with Gasteiger partial charge in [-0.15, -0.1) is 0 Å². The minimum atomic E-state index is -4.28. The lowest BCUT2D eigenvalue weighted by Gasteiger charge is -2.14. The molecule has 2 saturated heterocycles. The highest BCUT2D eigenvalue weighted by molar-refractivity contribution is 5.10. The SMILES string of the molecule is C[C@@]12CO[C@H](C(F)(F)F)[C@@H]1O2. The quantitative estimate of drug-likeness (QED) is 0.505. The fourth-order valence-electron chi connectivity index (χ4n) is 1.36. The van der Waals surface area contributed by atoms with Crippen molar-refractivity contribution in [3.63, 3.8) is 0 Å². The van der Waals surface area contributed by atoms with Crippen molar-refractivity contribution in [3.8, 4) is 0 Å². The minimum absolute atomic E-state index is 0.0574. The van der Waals surface area contributed by atoms with Crippen LogP contribution in [0.1, 0.15) is 6.92 Å². The van der Waals surface area contributed by atoms with Crippen LogP contribution in [0.25, 0.3) is 0 Å². The van der Waals surface area contributed by atoms with Crippen LogP contribution < -0.4 is 0 Å². The Morgan fingerprint density at radius 1 is 1.45 bits per heavy atom. The molecule has 2 aliphatic heterocycles. The Labute approximate surface area is 61.3 Å². The molecule has 0 amide bonds. The van der Waals surface area contributed by atoms with Crippen molar-refractivity contribution in [2.75, 3.05) is 6.61 Å². The highest BCUT2D eigenvalue weighted by Crippen LogP contribution is 2.49. The van der Waals surface area contributed by atoms with Crippen molar-refractivity contribution < 1.29 is 22.6 Å². The lowest BCUT2D eigenvalue weighted by Crippen LogP contribution is -2.33. The molecule has 0 unspecified atom stereocenters. The Balaban J connectivity index is 2.10. The molecule has 0 bridgehead atoms. The zero-order valence-electron chi connectivity index (χ0n) is 5.81. The van der Waals surface area contributed by atoms with Gasteiger partial charge in [0, 0.05) is 0 Å². The Morgan fingerprint density at radius 3 is 2.27 bits per heavy atom. The number of alkyl halides is 3. The second kappa shape index (κ2) is 1.72. The highest BCUT2D eigenvalue weighted by Gasteiger charge is 2.69. The molecule has 0 aliphatic carbocycles. The first-order valence-electron chi connectivity index (χ1n) is 3.30. The number of hydrogen-bond donors (Lipinski definition) is 0. The van der Waals surface area contributed by atoms with Crippen LogP contribution in [0.3, 0.4) is 0 Å². The van der Waals surface area contributed by atoms with E-state index in [1.807, 2.05) is 0 Å². The molecule has 2 fully saturated rings. The summed E-state index contributed by atoms with van der Waals surface area (Å²) in [5, 5.41) is 0. The third-order valence-electron chi connectivity index (χ3n) is 2.09. The van der Waals surface area contributed by atoms with E-state index >= 15 is 0 Å². The number of hydrogen-bond acceptors (Lipinski definition) is 2. The maximum absolute atomic E-state index is 12.0. The highest BCUT2D eigenvalue weighted by atomic mass is 19.4. The van der Waals surface area contributed by atoms with E-state index in [2.05, 4.69) is 4.74 Å². The Hall–Kier alpha value is -0.290. The van der Waals surface area contributed by atoms with Gasteiger partial charge in [0.2, 0.25) is 0 Å². The third kappa shape index (κ3) is 0.945. The summed E-state index contributed by atoms with van der Waals surface area (Å²) in [4.78, 5) is 0. The van der Waals surface area contributed by atoms with Gasteiger partial charge in [-0.05, 0) is 6.92 Å². The van der Waals surface area contributed by atoms with Gasteiger partial charge in [0.05, 0.1) is 6.61 Å². The van der Waals surface area contributed by atoms with Crippen LogP contribution in [0, 0.1) is 0 Å². The van der Waals surface area contributed by atoms with E-state index in [4.69, 9.17) is 4.74 Å². The summed E-state index contributed by atoms with van der Waals surface area (Å²) in [6.45, 7) is 1.69. The van der Waals surface area contributed by atoms with Gasteiger partial charge >= 0.3 is 6.18 Å². The third-order valence-corrected chi connectivity index (χ3v) is 2.09. The Kier molecular flexibility index (Phi) is 1.15. The van der Waals surface area contributed by atoms with E-state index in [0.29, 0.717) is 0 Å². The zero-order chi connectivity index (χ0) is 8.28. The molecule has 0 saturated carbocycles. The molecule has 64 valence electrons. The van der Waals surface area contributed by atoms with Crippen LogP contribution >= 0.6 is 0 Å². The molecular weight excluding hydrogens is 161 g/mol. The molecule has 2 heterocycles. The number of fused-ring (bicyclic) bond motifs is 1. The standard InChI is InChI=1S/C6H7F3O2/c1-5-2-10-4(3(5)11-5)6(7,8)9/h3-4H,2H2,1H3/t3-,4-,5+/m0/s1. The molecule has 2 nitrogen and oxygen atoms in total. The fraction of sp³-hybridized carbons (Fsp3) is 1.00. The predicted octanol–water partition coefficient (Wildman–Crippen LogP) is 1.10. The van der Waals surface area contributed by atoms with Crippen molar-refractivity contribution in [3.05, 3.63) is 0 Å². The maximum Gasteiger partial charge on any atom is 0.417 e. The van der Waals surface area contributed by atoms with Crippen LogP contribution in [0.2, 0.25) is 0 Å². The molecule has 0 N–H and O–H groups in total. The summed E-state index contributed by atoms with van der Waals surface area (Å²) >= 11 is 0. The van der Waals surface area contributed by atoms with Gasteiger partial charge in [-0.25, -0.2) is 0 Å². The average molecular weight is 168 g/mol. The number of epoxide rings is 1. The van der Waals surface area contributed by atoms with Crippen LogP contribution in [0.4, 0.5) is 13.2 Å². The summed E-state index contributed by atoms with van der Waals surface area (Å²) in [6.07, 6.45) is -6.74. The first-order chi connectivity index (χ1) is 4.93. The molecule has 5 heteroatoms. The summed E-state index contributed by atoms with van der Waals surface area (Å²) in [7, 11) is 0. The van der Waals surface area contributed by atoms with Crippen LogP contribution in [-0.4, -0.2) is 30.6 Å². The monoisotopic (exact) mass is 168 g/mol. The minimum Gasteiger partial charge on any atom is -0.363 e. The number of halogens is 3.